The van der Waals surface area contributed by atoms with Gasteiger partial charge in [0.15, 0.2) is 0 Å². The lowest BCUT2D eigenvalue weighted by Gasteiger charge is -2.00. The maximum Gasteiger partial charge on any atom is 0.0822 e. The minimum absolute atomic E-state index is 0.625. The predicted octanol–water partition coefficient (Wildman–Crippen LogP) is 7.27. The lowest BCUT2D eigenvalue weighted by Crippen LogP contribution is -1.95. The van der Waals surface area contributed by atoms with E-state index in [4.69, 9.17) is 9.78 Å². The van der Waals surface area contributed by atoms with E-state index in [1.54, 1.807) is 0 Å². The quantitative estimate of drug-likeness (QED) is 0.119. The van der Waals surface area contributed by atoms with Crippen LogP contribution in [0.4, 0.5) is 0 Å². The molecule has 25 heavy (non-hydrogen) atoms. The molecule has 0 aliphatic rings. The largest absolute Gasteiger partial charge is 0.237 e. The first kappa shape index (κ1) is 23.6. The molecule has 0 aromatic carbocycles. The fraction of sp³-hybridized carbons (Fsp3) is 0.565. The van der Waals surface area contributed by atoms with E-state index >= 15 is 0 Å². The Hall–Kier alpha value is -1.38. The first-order valence-electron chi connectivity index (χ1n) is 9.91. The van der Waals surface area contributed by atoms with E-state index in [0.29, 0.717) is 13.2 Å². The fourth-order valence-corrected chi connectivity index (χ4v) is 2.11. The van der Waals surface area contributed by atoms with Gasteiger partial charge in [-0.1, -0.05) is 74.1 Å². The van der Waals surface area contributed by atoms with E-state index in [9.17, 15) is 0 Å². The molecule has 0 aromatic heterocycles. The Morgan fingerprint density at radius 2 is 1.04 bits per heavy atom. The molecule has 0 spiro atoms. The summed E-state index contributed by atoms with van der Waals surface area (Å²) in [5, 5.41) is 0. The van der Waals surface area contributed by atoms with Gasteiger partial charge in [0.1, 0.15) is 0 Å². The maximum absolute atomic E-state index is 4.98. The lowest BCUT2D eigenvalue weighted by atomic mass is 10.2. The second-order valence-electron chi connectivity index (χ2n) is 5.79. The van der Waals surface area contributed by atoms with Crippen molar-refractivity contribution in [1.82, 2.24) is 0 Å². The van der Waals surface area contributed by atoms with Gasteiger partial charge in [-0.2, -0.15) is 0 Å². The van der Waals surface area contributed by atoms with Crippen molar-refractivity contribution < 1.29 is 9.78 Å². The Morgan fingerprint density at radius 1 is 0.520 bits per heavy atom. The normalized spacial score (nSPS) is 12.9. The van der Waals surface area contributed by atoms with E-state index in [2.05, 4.69) is 67.7 Å². The molecule has 0 rings (SSSR count). The van der Waals surface area contributed by atoms with E-state index in [1.165, 1.54) is 12.8 Å². The molecule has 0 unspecified atom stereocenters. The van der Waals surface area contributed by atoms with Gasteiger partial charge in [-0.05, 0) is 58.3 Å². The van der Waals surface area contributed by atoms with Crippen LogP contribution in [0, 0.1) is 0 Å². The Bertz CT molecular complexity index is 389. The zero-order valence-corrected chi connectivity index (χ0v) is 16.4. The van der Waals surface area contributed by atoms with Crippen LogP contribution < -0.4 is 0 Å². The summed E-state index contributed by atoms with van der Waals surface area (Å²) < 4.78 is 0. The highest BCUT2D eigenvalue weighted by atomic mass is 17.2. The number of hydrogen-bond acceptors (Lipinski definition) is 2. The van der Waals surface area contributed by atoms with Gasteiger partial charge in [-0.25, -0.2) is 9.78 Å². The van der Waals surface area contributed by atoms with Crippen molar-refractivity contribution in [2.75, 3.05) is 13.2 Å². The molecule has 0 fully saturated rings. The van der Waals surface area contributed by atoms with Crippen LogP contribution in [0.3, 0.4) is 0 Å². The Morgan fingerprint density at radius 3 is 1.56 bits per heavy atom. The summed E-state index contributed by atoms with van der Waals surface area (Å²) in [6, 6.07) is 0. The monoisotopic (exact) mass is 346 g/mol. The standard InChI is InChI=1S/C23H38O2/c1-3-5-6-7-8-9-10-11-12-13-14-15-16-17-18-19-20-21-22-23-25-24-4-2/h5-6,8-9,11-12,14-15,17-18H,3-4,7,10,13,16,19-23H2,1-2H3/b6-5-,9-8-,12-11-,15-14-,18-17-. The van der Waals surface area contributed by atoms with E-state index in [0.717, 1.165) is 44.9 Å². The van der Waals surface area contributed by atoms with Gasteiger partial charge >= 0.3 is 0 Å². The maximum atomic E-state index is 4.98. The van der Waals surface area contributed by atoms with E-state index in [-0.39, 0.29) is 0 Å². The molecular formula is C23H38O2. The predicted molar refractivity (Wildman–Crippen MR) is 111 cm³/mol. The highest BCUT2D eigenvalue weighted by Gasteiger charge is 1.89. The summed E-state index contributed by atoms with van der Waals surface area (Å²) in [6.45, 7) is 5.43. The van der Waals surface area contributed by atoms with Gasteiger partial charge in [0.05, 0.1) is 13.2 Å². The molecule has 0 saturated heterocycles. The zero-order chi connectivity index (χ0) is 18.3. The van der Waals surface area contributed by atoms with Crippen LogP contribution in [0.25, 0.3) is 0 Å². The molecule has 2 nitrogen and oxygen atoms in total. The van der Waals surface area contributed by atoms with Gasteiger partial charge < -0.3 is 0 Å². The molecular weight excluding hydrogens is 308 g/mol. The first-order valence-corrected chi connectivity index (χ1v) is 9.91. The molecule has 0 N–H and O–H groups in total. The molecule has 0 aliphatic heterocycles. The average Bonchev–Trinajstić information content (AvgIpc) is 2.63. The summed E-state index contributed by atoms with van der Waals surface area (Å²) in [5.41, 5.74) is 0. The SMILES string of the molecule is CC/C=C\C/C=C\C/C=C\C/C=C\C/C=C\CCCCCOOCC. The highest BCUT2D eigenvalue weighted by Crippen LogP contribution is 2.02. The smallest absolute Gasteiger partial charge is 0.0822 e. The van der Waals surface area contributed by atoms with Crippen LogP contribution in [-0.4, -0.2) is 13.2 Å². The van der Waals surface area contributed by atoms with Crippen LogP contribution >= 0.6 is 0 Å². The minimum atomic E-state index is 0.625. The molecule has 0 atom stereocenters. The molecule has 0 aromatic rings. The summed E-state index contributed by atoms with van der Waals surface area (Å²) in [4.78, 5) is 9.82. The molecule has 0 amide bonds. The van der Waals surface area contributed by atoms with E-state index in [1.807, 2.05) is 6.92 Å². The average molecular weight is 347 g/mol. The molecule has 0 bridgehead atoms. The van der Waals surface area contributed by atoms with E-state index < -0.39 is 0 Å². The molecule has 142 valence electrons. The second-order valence-corrected chi connectivity index (χ2v) is 5.79. The Kier molecular flexibility index (Phi) is 21.4. The number of allylic oxidation sites excluding steroid dienone is 10. The third-order valence-corrected chi connectivity index (χ3v) is 3.46. The summed E-state index contributed by atoms with van der Waals surface area (Å²) in [7, 11) is 0. The summed E-state index contributed by atoms with van der Waals surface area (Å²) in [5.74, 6) is 0. The Labute approximate surface area is 155 Å². The van der Waals surface area contributed by atoms with Gasteiger partial charge in [-0.3, -0.25) is 0 Å². The van der Waals surface area contributed by atoms with Crippen molar-refractivity contribution in [2.45, 2.75) is 71.6 Å². The summed E-state index contributed by atoms with van der Waals surface area (Å²) in [6.07, 6.45) is 32.3. The van der Waals surface area contributed by atoms with Gasteiger partial charge in [0.25, 0.3) is 0 Å². The second kappa shape index (κ2) is 22.6. The summed E-state index contributed by atoms with van der Waals surface area (Å²) >= 11 is 0. The van der Waals surface area contributed by atoms with Crippen LogP contribution in [0.15, 0.2) is 60.8 Å². The van der Waals surface area contributed by atoms with Gasteiger partial charge in [-0.15, -0.1) is 0 Å². The van der Waals surface area contributed by atoms with Crippen molar-refractivity contribution in [3.05, 3.63) is 60.8 Å². The van der Waals surface area contributed by atoms with Crippen molar-refractivity contribution in [1.29, 1.82) is 0 Å². The number of hydrogen-bond donors (Lipinski definition) is 0. The van der Waals surface area contributed by atoms with Gasteiger partial charge in [0, 0.05) is 0 Å². The minimum Gasteiger partial charge on any atom is -0.237 e. The first-order chi connectivity index (χ1) is 12.4. The zero-order valence-electron chi connectivity index (χ0n) is 16.4. The van der Waals surface area contributed by atoms with Crippen LogP contribution in [-0.2, 0) is 9.78 Å². The number of unbranched alkanes of at least 4 members (excludes halogenated alkanes) is 3. The third-order valence-electron chi connectivity index (χ3n) is 3.46. The van der Waals surface area contributed by atoms with Gasteiger partial charge in [0.2, 0.25) is 0 Å². The fourth-order valence-electron chi connectivity index (χ4n) is 2.11. The van der Waals surface area contributed by atoms with Crippen LogP contribution in [0.2, 0.25) is 0 Å². The van der Waals surface area contributed by atoms with Crippen molar-refractivity contribution >= 4 is 0 Å². The van der Waals surface area contributed by atoms with Crippen molar-refractivity contribution in [2.24, 2.45) is 0 Å². The molecule has 0 saturated carbocycles. The topological polar surface area (TPSA) is 18.5 Å². The number of rotatable bonds is 17. The third kappa shape index (κ3) is 22.6. The lowest BCUT2D eigenvalue weighted by molar-refractivity contribution is -0.291. The van der Waals surface area contributed by atoms with Crippen LogP contribution in [0.5, 0.6) is 0 Å². The van der Waals surface area contributed by atoms with Crippen LogP contribution in [0.1, 0.15) is 71.6 Å². The molecule has 0 heterocycles. The molecule has 0 radical (unpaired) electrons. The van der Waals surface area contributed by atoms with Crippen molar-refractivity contribution in [3.8, 4) is 0 Å². The molecule has 2 heteroatoms. The highest BCUT2D eigenvalue weighted by molar-refractivity contribution is 5.00. The Balaban J connectivity index is 3.36. The molecule has 0 aliphatic carbocycles. The van der Waals surface area contributed by atoms with Crippen molar-refractivity contribution in [3.63, 3.8) is 0 Å².